The van der Waals surface area contributed by atoms with Gasteiger partial charge in [-0.3, -0.25) is 14.5 Å². The summed E-state index contributed by atoms with van der Waals surface area (Å²) in [5.74, 6) is 0.159. The quantitative estimate of drug-likeness (QED) is 0.323. The molecule has 9 heteroatoms. The fraction of sp³-hybridized carbons (Fsp3) is 0.167. The molecule has 170 valence electrons. The van der Waals surface area contributed by atoms with Gasteiger partial charge in [0.05, 0.1) is 32.2 Å². The second kappa shape index (κ2) is 9.85. The number of benzene rings is 2. The number of carbonyl (C=O) groups excluding carboxylic acids is 2. The van der Waals surface area contributed by atoms with E-state index in [9.17, 15) is 9.59 Å². The first kappa shape index (κ1) is 23.8. The minimum atomic E-state index is -0.349. The molecule has 0 saturated carbocycles. The molecule has 1 fully saturated rings. The second-order valence-electron chi connectivity index (χ2n) is 7.35. The van der Waals surface area contributed by atoms with Crippen molar-refractivity contribution in [1.29, 1.82) is 0 Å². The lowest BCUT2D eigenvalue weighted by Gasteiger charge is -2.13. The Morgan fingerprint density at radius 2 is 1.73 bits per heavy atom. The van der Waals surface area contributed by atoms with Gasteiger partial charge in [-0.25, -0.2) is 0 Å². The highest BCUT2D eigenvalue weighted by atomic mass is 35.5. The molecule has 33 heavy (non-hydrogen) atoms. The third kappa shape index (κ3) is 4.80. The number of ether oxygens (including phenoxy) is 1. The average molecular weight is 522 g/mol. The highest BCUT2D eigenvalue weighted by Gasteiger charge is 2.35. The number of thioether (sulfide) groups is 1. The predicted molar refractivity (Wildman–Crippen MR) is 135 cm³/mol. The molecule has 2 amide bonds. The van der Waals surface area contributed by atoms with Crippen LogP contribution in [0.4, 0.5) is 4.79 Å². The molecule has 0 bridgehead atoms. The maximum atomic E-state index is 12.9. The lowest BCUT2D eigenvalue weighted by Crippen LogP contribution is -2.32. The topological polar surface area (TPSA) is 51.5 Å². The molecule has 0 radical (unpaired) electrons. The van der Waals surface area contributed by atoms with Crippen LogP contribution in [0, 0.1) is 13.8 Å². The van der Waals surface area contributed by atoms with E-state index >= 15 is 0 Å². The van der Waals surface area contributed by atoms with Crippen LogP contribution in [0.3, 0.4) is 0 Å². The van der Waals surface area contributed by atoms with E-state index < -0.39 is 0 Å². The van der Waals surface area contributed by atoms with Crippen LogP contribution in [0.15, 0.2) is 53.4 Å². The highest BCUT2D eigenvalue weighted by Crippen LogP contribution is 2.35. The summed E-state index contributed by atoms with van der Waals surface area (Å²) in [7, 11) is 0. The maximum Gasteiger partial charge on any atom is 0.293 e. The van der Waals surface area contributed by atoms with Crippen LogP contribution in [0.5, 0.6) is 5.75 Å². The smallest absolute Gasteiger partial charge is 0.293 e. The van der Waals surface area contributed by atoms with Gasteiger partial charge in [0.2, 0.25) is 0 Å². The van der Waals surface area contributed by atoms with Crippen molar-refractivity contribution in [1.82, 2.24) is 9.47 Å². The van der Waals surface area contributed by atoms with Gasteiger partial charge in [0, 0.05) is 11.4 Å². The van der Waals surface area contributed by atoms with Gasteiger partial charge in [0.1, 0.15) is 12.4 Å². The van der Waals surface area contributed by atoms with Gasteiger partial charge in [-0.1, -0.05) is 53.0 Å². The second-order valence-corrected chi connectivity index (χ2v) is 9.53. The molecular weight excluding hydrogens is 503 g/mol. The summed E-state index contributed by atoms with van der Waals surface area (Å²) in [5, 5.41) is 1.05. The first-order chi connectivity index (χ1) is 15.8. The number of hydrogen-bond acceptors (Lipinski definition) is 4. The lowest BCUT2D eigenvalue weighted by atomic mass is 10.2. The van der Waals surface area contributed by atoms with E-state index in [0.717, 1.165) is 34.4 Å². The number of aromatic nitrogens is 1. The molecule has 0 N–H and O–H groups in total. The largest absolute Gasteiger partial charge is 0.490 e. The number of aryl methyl sites for hydroxylation is 1. The third-order valence-corrected chi connectivity index (χ3v) is 7.24. The van der Waals surface area contributed by atoms with Crippen LogP contribution in [0.1, 0.15) is 17.0 Å². The maximum absolute atomic E-state index is 12.9. The third-order valence-electron chi connectivity index (χ3n) is 5.21. The van der Waals surface area contributed by atoms with E-state index in [4.69, 9.17) is 39.5 Å². The average Bonchev–Trinajstić information content (AvgIpc) is 3.20. The van der Waals surface area contributed by atoms with E-state index in [-0.39, 0.29) is 24.3 Å². The van der Waals surface area contributed by atoms with Crippen molar-refractivity contribution in [3.05, 3.63) is 85.5 Å². The van der Waals surface area contributed by atoms with Crippen LogP contribution < -0.4 is 4.74 Å². The Morgan fingerprint density at radius 1 is 1.00 bits per heavy atom. The number of nitrogens with zero attached hydrogens (tertiary/aromatic N) is 2. The standard InChI is InChI=1S/C24H19Cl3N2O3S/c1-14-12-16(15(2)29(14)19-8-5-7-18(26)22(19)27)13-21-23(30)28(24(31)33-21)10-11-32-20-9-4-3-6-17(20)25/h3-9,12-13H,10-11H2,1-2H3/b21-13-. The molecule has 5 nitrogen and oxygen atoms in total. The molecule has 0 atom stereocenters. The zero-order valence-corrected chi connectivity index (χ0v) is 20.9. The molecule has 0 unspecified atom stereocenters. The number of carbonyl (C=O) groups is 2. The Bertz CT molecular complexity index is 1290. The van der Waals surface area contributed by atoms with E-state index in [2.05, 4.69) is 0 Å². The summed E-state index contributed by atoms with van der Waals surface area (Å²) in [6, 6.07) is 14.4. The molecule has 4 rings (SSSR count). The number of amides is 2. The molecule has 1 aliphatic heterocycles. The van der Waals surface area contributed by atoms with Gasteiger partial charge in [-0.05, 0) is 67.6 Å². The van der Waals surface area contributed by atoms with Crippen molar-refractivity contribution in [3.63, 3.8) is 0 Å². The summed E-state index contributed by atoms with van der Waals surface area (Å²) >= 11 is 19.6. The van der Waals surface area contributed by atoms with E-state index in [0.29, 0.717) is 25.7 Å². The highest BCUT2D eigenvalue weighted by molar-refractivity contribution is 8.18. The van der Waals surface area contributed by atoms with Crippen LogP contribution in [-0.4, -0.2) is 33.8 Å². The Hall–Kier alpha value is -2.38. The number of para-hydroxylation sites is 1. The minimum Gasteiger partial charge on any atom is -0.490 e. The van der Waals surface area contributed by atoms with Gasteiger partial charge in [0.15, 0.2) is 0 Å². The summed E-state index contributed by atoms with van der Waals surface area (Å²) in [6.07, 6.45) is 1.73. The fourth-order valence-electron chi connectivity index (χ4n) is 3.61. The number of hydrogen-bond donors (Lipinski definition) is 0. The van der Waals surface area contributed by atoms with Crippen LogP contribution >= 0.6 is 46.6 Å². The first-order valence-corrected chi connectivity index (χ1v) is 12.0. The molecule has 1 saturated heterocycles. The molecule has 0 spiro atoms. The van der Waals surface area contributed by atoms with Crippen molar-refractivity contribution in [2.75, 3.05) is 13.2 Å². The molecule has 2 heterocycles. The van der Waals surface area contributed by atoms with Gasteiger partial charge < -0.3 is 9.30 Å². The zero-order chi connectivity index (χ0) is 23.7. The Balaban J connectivity index is 1.53. The number of halogens is 3. The fourth-order valence-corrected chi connectivity index (χ4v) is 5.04. The summed E-state index contributed by atoms with van der Waals surface area (Å²) in [4.78, 5) is 26.9. The zero-order valence-electron chi connectivity index (χ0n) is 17.8. The molecule has 0 aliphatic carbocycles. The van der Waals surface area contributed by atoms with Gasteiger partial charge in [0.25, 0.3) is 11.1 Å². The van der Waals surface area contributed by atoms with Crippen molar-refractivity contribution >= 4 is 63.8 Å². The van der Waals surface area contributed by atoms with Crippen molar-refractivity contribution in [2.24, 2.45) is 0 Å². The Kier molecular flexibility index (Phi) is 7.10. The lowest BCUT2D eigenvalue weighted by molar-refractivity contribution is -0.123. The first-order valence-electron chi connectivity index (χ1n) is 10.0. The summed E-state index contributed by atoms with van der Waals surface area (Å²) < 4.78 is 7.60. The molecule has 2 aromatic carbocycles. The molecule has 3 aromatic rings. The van der Waals surface area contributed by atoms with Gasteiger partial charge >= 0.3 is 0 Å². The Labute approximate surface area is 210 Å². The minimum absolute atomic E-state index is 0.129. The molecule has 1 aromatic heterocycles. The summed E-state index contributed by atoms with van der Waals surface area (Å²) in [6.45, 7) is 4.15. The van der Waals surface area contributed by atoms with Crippen molar-refractivity contribution in [2.45, 2.75) is 13.8 Å². The van der Waals surface area contributed by atoms with Gasteiger partial charge in [-0.15, -0.1) is 0 Å². The van der Waals surface area contributed by atoms with E-state index in [1.165, 1.54) is 4.90 Å². The SMILES string of the molecule is Cc1cc(/C=C2\SC(=O)N(CCOc3ccccc3Cl)C2=O)c(C)n1-c1cccc(Cl)c1Cl. The summed E-state index contributed by atoms with van der Waals surface area (Å²) in [5.41, 5.74) is 3.38. The predicted octanol–water partition coefficient (Wildman–Crippen LogP) is 7.17. The number of rotatable bonds is 6. The van der Waals surface area contributed by atoms with Crippen molar-refractivity contribution < 1.29 is 14.3 Å². The van der Waals surface area contributed by atoms with E-state index in [1.54, 1.807) is 36.4 Å². The molecular formula is C24H19Cl3N2O3S. The van der Waals surface area contributed by atoms with Crippen LogP contribution in [0.2, 0.25) is 15.1 Å². The van der Waals surface area contributed by atoms with Gasteiger partial charge in [-0.2, -0.15) is 0 Å². The number of imide groups is 1. The van der Waals surface area contributed by atoms with Crippen molar-refractivity contribution in [3.8, 4) is 11.4 Å². The van der Waals surface area contributed by atoms with Crippen LogP contribution in [0.25, 0.3) is 11.8 Å². The Morgan fingerprint density at radius 3 is 2.48 bits per heavy atom. The van der Waals surface area contributed by atoms with Crippen LogP contribution in [-0.2, 0) is 4.79 Å². The molecule has 1 aliphatic rings. The monoisotopic (exact) mass is 520 g/mol. The van der Waals surface area contributed by atoms with E-state index in [1.807, 2.05) is 36.6 Å². The normalized spacial score (nSPS) is 15.1.